The van der Waals surface area contributed by atoms with Gasteiger partial charge in [0.25, 0.3) is 0 Å². The largest absolute Gasteiger partial charge is 0.277 e. The van der Waals surface area contributed by atoms with Gasteiger partial charge in [0.2, 0.25) is 0 Å². The Morgan fingerprint density at radius 2 is 1.69 bits per heavy atom. The molecule has 0 N–H and O–H groups in total. The molecule has 0 spiro atoms. The lowest BCUT2D eigenvalue weighted by atomic mass is 10.2. The Balaban J connectivity index is 2.63. The molecule has 0 bridgehead atoms. The Kier molecular flexibility index (Phi) is 5.57. The molecule has 82 valence electrons. The third-order valence-corrected chi connectivity index (χ3v) is 2.94. The van der Waals surface area contributed by atoms with Crippen molar-refractivity contribution in [2.24, 2.45) is 0 Å². The molecule has 0 saturated carbocycles. The van der Waals surface area contributed by atoms with Crippen molar-refractivity contribution < 1.29 is 0 Å². The van der Waals surface area contributed by atoms with Crippen molar-refractivity contribution in [2.45, 2.75) is 11.4 Å². The molecule has 0 aliphatic heterocycles. The summed E-state index contributed by atoms with van der Waals surface area (Å²) in [7, 11) is 0. The molecule has 1 rings (SSSR count). The second-order valence-electron chi connectivity index (χ2n) is 3.40. The maximum atomic E-state index is 5.30. The molecule has 0 heterocycles. The van der Waals surface area contributed by atoms with Gasteiger partial charge in [0.05, 0.1) is 13.1 Å². The summed E-state index contributed by atoms with van der Waals surface area (Å²) in [6.45, 7) is 1.99. The molecule has 0 amide bonds. The highest BCUT2D eigenvalue weighted by Gasteiger charge is 2.02. The summed E-state index contributed by atoms with van der Waals surface area (Å²) < 4.78 is 0. The van der Waals surface area contributed by atoms with Gasteiger partial charge < -0.3 is 0 Å². The fourth-order valence-corrected chi connectivity index (χ4v) is 1.82. The molecule has 1 aromatic carbocycles. The molecule has 16 heavy (non-hydrogen) atoms. The van der Waals surface area contributed by atoms with E-state index in [1.54, 1.807) is 11.8 Å². The predicted octanol–water partition coefficient (Wildman–Crippen LogP) is 2.48. The molecule has 0 radical (unpaired) electrons. The Labute approximate surface area is 102 Å². The van der Waals surface area contributed by atoms with E-state index in [2.05, 4.69) is 47.3 Å². The van der Waals surface area contributed by atoms with Crippen LogP contribution in [0.2, 0.25) is 0 Å². The predicted molar refractivity (Wildman–Crippen MR) is 71.2 cm³/mol. The molecular weight excluding hydrogens is 214 g/mol. The van der Waals surface area contributed by atoms with Crippen LogP contribution in [0.25, 0.3) is 0 Å². The van der Waals surface area contributed by atoms with E-state index in [0.717, 1.165) is 6.54 Å². The monoisotopic (exact) mass is 229 g/mol. The number of terminal acetylenes is 2. The van der Waals surface area contributed by atoms with E-state index in [0.29, 0.717) is 13.1 Å². The van der Waals surface area contributed by atoms with Crippen LogP contribution in [0, 0.1) is 24.7 Å². The summed E-state index contributed by atoms with van der Waals surface area (Å²) in [4.78, 5) is 3.33. The first kappa shape index (κ1) is 12.7. The topological polar surface area (TPSA) is 3.24 Å². The van der Waals surface area contributed by atoms with Crippen LogP contribution in [-0.4, -0.2) is 24.2 Å². The van der Waals surface area contributed by atoms with Crippen LogP contribution < -0.4 is 0 Å². The molecule has 1 aromatic rings. The second-order valence-corrected chi connectivity index (χ2v) is 4.28. The normalized spacial score (nSPS) is 9.75. The molecule has 0 aliphatic rings. The van der Waals surface area contributed by atoms with Crippen LogP contribution in [0.5, 0.6) is 0 Å². The van der Waals surface area contributed by atoms with Crippen molar-refractivity contribution in [2.75, 3.05) is 19.3 Å². The fourth-order valence-electron chi connectivity index (χ4n) is 1.42. The zero-order valence-corrected chi connectivity index (χ0v) is 10.3. The molecule has 0 atom stereocenters. The lowest BCUT2D eigenvalue weighted by molar-refractivity contribution is 0.338. The van der Waals surface area contributed by atoms with Crippen LogP contribution in [0.15, 0.2) is 29.2 Å². The van der Waals surface area contributed by atoms with Gasteiger partial charge in [0, 0.05) is 11.4 Å². The van der Waals surface area contributed by atoms with Gasteiger partial charge in [-0.25, -0.2) is 0 Å². The van der Waals surface area contributed by atoms with Gasteiger partial charge in [-0.3, -0.25) is 4.90 Å². The summed E-state index contributed by atoms with van der Waals surface area (Å²) in [5, 5.41) is 0. The van der Waals surface area contributed by atoms with E-state index in [1.165, 1.54) is 10.5 Å². The number of hydrogen-bond donors (Lipinski definition) is 0. The maximum absolute atomic E-state index is 5.30. The molecule has 0 saturated heterocycles. The van der Waals surface area contributed by atoms with Gasteiger partial charge in [-0.2, -0.15) is 0 Å². The van der Waals surface area contributed by atoms with Gasteiger partial charge in [-0.1, -0.05) is 24.0 Å². The van der Waals surface area contributed by atoms with Gasteiger partial charge in [0.1, 0.15) is 0 Å². The number of rotatable bonds is 5. The van der Waals surface area contributed by atoms with E-state index < -0.39 is 0 Å². The molecular formula is C14H15NS. The smallest absolute Gasteiger partial charge is 0.0610 e. The van der Waals surface area contributed by atoms with E-state index >= 15 is 0 Å². The molecule has 0 aliphatic carbocycles. The summed E-state index contributed by atoms with van der Waals surface area (Å²) in [6.07, 6.45) is 12.7. The lowest BCUT2D eigenvalue weighted by Gasteiger charge is -2.16. The Morgan fingerprint density at radius 1 is 1.12 bits per heavy atom. The third-order valence-electron chi connectivity index (χ3n) is 2.20. The van der Waals surface area contributed by atoms with Crippen LogP contribution in [0.4, 0.5) is 0 Å². The standard InChI is InChI=1S/C14H15NS/c1-4-10-15(11-5-2)12-13-6-8-14(16-3)9-7-13/h1-2,6-9H,10-12H2,3H3. The van der Waals surface area contributed by atoms with Crippen LogP contribution in [0.1, 0.15) is 5.56 Å². The third kappa shape index (κ3) is 4.03. The Hall–Kier alpha value is -1.35. The van der Waals surface area contributed by atoms with Gasteiger partial charge in [0.15, 0.2) is 0 Å². The zero-order chi connectivity index (χ0) is 11.8. The van der Waals surface area contributed by atoms with Crippen molar-refractivity contribution in [1.29, 1.82) is 0 Å². The van der Waals surface area contributed by atoms with Crippen molar-refractivity contribution in [3.63, 3.8) is 0 Å². The minimum Gasteiger partial charge on any atom is -0.277 e. The lowest BCUT2D eigenvalue weighted by Crippen LogP contribution is -2.23. The minimum absolute atomic E-state index is 0.592. The van der Waals surface area contributed by atoms with Crippen molar-refractivity contribution in [3.05, 3.63) is 29.8 Å². The summed E-state index contributed by atoms with van der Waals surface area (Å²) in [5.41, 5.74) is 1.24. The minimum atomic E-state index is 0.592. The van der Waals surface area contributed by atoms with Crippen LogP contribution in [0.3, 0.4) is 0 Å². The van der Waals surface area contributed by atoms with Gasteiger partial charge in [-0.05, 0) is 24.0 Å². The van der Waals surface area contributed by atoms with Crippen molar-refractivity contribution >= 4 is 11.8 Å². The first-order valence-electron chi connectivity index (χ1n) is 5.02. The average molecular weight is 229 g/mol. The first-order valence-corrected chi connectivity index (χ1v) is 6.25. The highest BCUT2D eigenvalue weighted by Crippen LogP contribution is 2.15. The number of benzene rings is 1. The first-order chi connectivity index (χ1) is 7.80. The molecule has 0 unspecified atom stereocenters. The molecule has 2 heteroatoms. The average Bonchev–Trinajstić information content (AvgIpc) is 2.31. The van der Waals surface area contributed by atoms with E-state index in [4.69, 9.17) is 12.8 Å². The van der Waals surface area contributed by atoms with Crippen LogP contribution in [-0.2, 0) is 6.54 Å². The van der Waals surface area contributed by atoms with Crippen molar-refractivity contribution in [3.8, 4) is 24.7 Å². The van der Waals surface area contributed by atoms with Crippen LogP contribution >= 0.6 is 11.8 Å². The number of thioether (sulfide) groups is 1. The Morgan fingerprint density at radius 3 is 2.12 bits per heavy atom. The van der Waals surface area contributed by atoms with E-state index in [1.807, 2.05) is 0 Å². The summed E-state index contributed by atoms with van der Waals surface area (Å²) in [6, 6.07) is 8.46. The van der Waals surface area contributed by atoms with Gasteiger partial charge in [-0.15, -0.1) is 24.6 Å². The quantitative estimate of drug-likeness (QED) is 0.564. The SMILES string of the molecule is C#CCN(CC#C)Cc1ccc(SC)cc1. The highest BCUT2D eigenvalue weighted by molar-refractivity contribution is 7.98. The number of nitrogens with zero attached hydrogens (tertiary/aromatic N) is 1. The summed E-state index contributed by atoms with van der Waals surface area (Å²) in [5.74, 6) is 5.24. The maximum Gasteiger partial charge on any atom is 0.0610 e. The molecule has 1 nitrogen and oxygen atoms in total. The van der Waals surface area contributed by atoms with Gasteiger partial charge >= 0.3 is 0 Å². The van der Waals surface area contributed by atoms with E-state index in [9.17, 15) is 0 Å². The number of hydrogen-bond acceptors (Lipinski definition) is 2. The summed E-state index contributed by atoms with van der Waals surface area (Å²) >= 11 is 1.74. The zero-order valence-electron chi connectivity index (χ0n) is 9.44. The van der Waals surface area contributed by atoms with Crippen molar-refractivity contribution in [1.82, 2.24) is 4.90 Å². The molecule has 0 fully saturated rings. The molecule has 0 aromatic heterocycles. The highest BCUT2D eigenvalue weighted by atomic mass is 32.2. The fraction of sp³-hybridized carbons (Fsp3) is 0.286. The second kappa shape index (κ2) is 7.01. The van der Waals surface area contributed by atoms with E-state index in [-0.39, 0.29) is 0 Å². The Bertz CT molecular complexity index is 378.